The van der Waals surface area contributed by atoms with Gasteiger partial charge in [-0.3, -0.25) is 10.1 Å². The van der Waals surface area contributed by atoms with Crippen molar-refractivity contribution in [2.24, 2.45) is 5.41 Å². The highest BCUT2D eigenvalue weighted by Gasteiger charge is 2.21. The molecule has 5 heteroatoms. The van der Waals surface area contributed by atoms with Crippen LogP contribution in [0.15, 0.2) is 18.2 Å². The van der Waals surface area contributed by atoms with Crippen molar-refractivity contribution in [2.75, 3.05) is 6.61 Å². The fourth-order valence-electron chi connectivity index (χ4n) is 1.97. The van der Waals surface area contributed by atoms with Gasteiger partial charge in [0.25, 0.3) is 5.69 Å². The van der Waals surface area contributed by atoms with Crippen molar-refractivity contribution in [3.8, 4) is 5.75 Å². The van der Waals surface area contributed by atoms with Gasteiger partial charge < -0.3 is 10.1 Å². The Hall–Kier alpha value is -1.62. The van der Waals surface area contributed by atoms with E-state index >= 15 is 0 Å². The lowest BCUT2D eigenvalue weighted by Crippen LogP contribution is -2.17. The van der Waals surface area contributed by atoms with E-state index in [1.807, 2.05) is 0 Å². The third kappa shape index (κ3) is 5.34. The fraction of sp³-hybridized carbons (Fsp3) is 0.625. The fourth-order valence-corrected chi connectivity index (χ4v) is 1.97. The Bertz CT molecular complexity index is 505. The molecule has 0 bridgehead atoms. The van der Waals surface area contributed by atoms with Crippen molar-refractivity contribution in [2.45, 2.75) is 52.6 Å². The minimum Gasteiger partial charge on any atom is -0.493 e. The van der Waals surface area contributed by atoms with E-state index in [1.54, 1.807) is 12.1 Å². The number of non-ortho nitro benzene ring substituents is 1. The molecule has 0 spiro atoms. The number of nitro benzene ring substituents is 1. The normalized spacial score (nSPS) is 15.0. The van der Waals surface area contributed by atoms with E-state index in [2.05, 4.69) is 26.1 Å². The van der Waals surface area contributed by atoms with Gasteiger partial charge in [0.15, 0.2) is 0 Å². The van der Waals surface area contributed by atoms with E-state index in [9.17, 15) is 10.1 Å². The molecule has 1 aliphatic rings. The molecule has 0 amide bonds. The van der Waals surface area contributed by atoms with Crippen LogP contribution in [0, 0.1) is 15.5 Å². The Labute approximate surface area is 125 Å². The van der Waals surface area contributed by atoms with Crippen molar-refractivity contribution in [3.63, 3.8) is 0 Å². The van der Waals surface area contributed by atoms with Gasteiger partial charge in [-0.25, -0.2) is 0 Å². The molecule has 1 aromatic rings. The molecule has 21 heavy (non-hydrogen) atoms. The molecule has 5 nitrogen and oxygen atoms in total. The summed E-state index contributed by atoms with van der Waals surface area (Å²) in [7, 11) is 0. The van der Waals surface area contributed by atoms with Gasteiger partial charge in [-0.05, 0) is 30.7 Å². The molecular weight excluding hydrogens is 268 g/mol. The summed E-state index contributed by atoms with van der Waals surface area (Å²) in [6.45, 7) is 7.75. The Kier molecular flexibility index (Phi) is 4.83. The number of hydrogen-bond acceptors (Lipinski definition) is 4. The predicted octanol–water partition coefficient (Wildman–Crippen LogP) is 3.66. The van der Waals surface area contributed by atoms with Crippen LogP contribution in [0.1, 0.15) is 45.6 Å². The minimum absolute atomic E-state index is 0.116. The summed E-state index contributed by atoms with van der Waals surface area (Å²) < 4.78 is 5.84. The third-order valence-electron chi connectivity index (χ3n) is 3.52. The van der Waals surface area contributed by atoms with Crippen molar-refractivity contribution in [1.29, 1.82) is 0 Å². The lowest BCUT2D eigenvalue weighted by molar-refractivity contribution is -0.384. The second-order valence-electron chi connectivity index (χ2n) is 6.86. The molecule has 1 fully saturated rings. The summed E-state index contributed by atoms with van der Waals surface area (Å²) in [5.41, 5.74) is 1.20. The van der Waals surface area contributed by atoms with Gasteiger partial charge in [0.05, 0.1) is 11.5 Å². The van der Waals surface area contributed by atoms with Crippen LogP contribution in [0.2, 0.25) is 0 Å². The van der Waals surface area contributed by atoms with E-state index in [0.29, 0.717) is 19.2 Å². The summed E-state index contributed by atoms with van der Waals surface area (Å²) in [6.07, 6.45) is 3.32. The van der Waals surface area contributed by atoms with E-state index in [1.165, 1.54) is 18.9 Å². The number of ether oxygens (including phenoxy) is 1. The van der Waals surface area contributed by atoms with Crippen LogP contribution in [0.4, 0.5) is 5.69 Å². The summed E-state index contributed by atoms with van der Waals surface area (Å²) in [4.78, 5) is 10.5. The summed E-state index contributed by atoms with van der Waals surface area (Å²) >= 11 is 0. The van der Waals surface area contributed by atoms with Gasteiger partial charge in [0.1, 0.15) is 5.75 Å². The first-order valence-corrected chi connectivity index (χ1v) is 7.49. The van der Waals surface area contributed by atoms with E-state index in [-0.39, 0.29) is 16.0 Å². The molecule has 1 aromatic carbocycles. The highest BCUT2D eigenvalue weighted by atomic mass is 16.6. The Morgan fingerprint density at radius 2 is 2.10 bits per heavy atom. The van der Waals surface area contributed by atoms with Crippen LogP contribution in [-0.4, -0.2) is 17.6 Å². The minimum atomic E-state index is -0.362. The maximum absolute atomic E-state index is 10.9. The molecule has 0 saturated heterocycles. The van der Waals surface area contributed by atoms with Crippen molar-refractivity contribution < 1.29 is 9.66 Å². The Balaban J connectivity index is 2.03. The van der Waals surface area contributed by atoms with Crippen LogP contribution < -0.4 is 10.1 Å². The lowest BCUT2D eigenvalue weighted by Gasteiger charge is -2.19. The molecule has 0 radical (unpaired) electrons. The third-order valence-corrected chi connectivity index (χ3v) is 3.52. The predicted molar refractivity (Wildman–Crippen MR) is 82.5 cm³/mol. The summed E-state index contributed by atoms with van der Waals surface area (Å²) in [6, 6.07) is 5.39. The highest BCUT2D eigenvalue weighted by Crippen LogP contribution is 2.27. The van der Waals surface area contributed by atoms with Crippen molar-refractivity contribution >= 4 is 5.69 Å². The first-order valence-electron chi connectivity index (χ1n) is 7.49. The number of nitro groups is 1. The summed E-state index contributed by atoms with van der Waals surface area (Å²) in [5.74, 6) is 0.748. The van der Waals surface area contributed by atoms with Gasteiger partial charge in [-0.15, -0.1) is 0 Å². The average molecular weight is 292 g/mol. The molecule has 0 unspecified atom stereocenters. The zero-order chi connectivity index (χ0) is 15.5. The van der Waals surface area contributed by atoms with Gasteiger partial charge in [-0.2, -0.15) is 0 Å². The summed E-state index contributed by atoms with van der Waals surface area (Å²) in [5, 5.41) is 14.3. The molecule has 1 saturated carbocycles. The van der Waals surface area contributed by atoms with E-state index < -0.39 is 0 Å². The Morgan fingerprint density at radius 3 is 2.67 bits per heavy atom. The van der Waals surface area contributed by atoms with Gasteiger partial charge in [-0.1, -0.05) is 20.8 Å². The highest BCUT2D eigenvalue weighted by molar-refractivity contribution is 5.43. The molecule has 0 aliphatic heterocycles. The number of benzene rings is 1. The van der Waals surface area contributed by atoms with Crippen LogP contribution >= 0.6 is 0 Å². The van der Waals surface area contributed by atoms with Crippen LogP contribution in [0.25, 0.3) is 0 Å². The number of nitrogens with one attached hydrogen (secondary N) is 1. The quantitative estimate of drug-likeness (QED) is 0.615. The van der Waals surface area contributed by atoms with E-state index in [0.717, 1.165) is 17.7 Å². The van der Waals surface area contributed by atoms with Gasteiger partial charge in [0, 0.05) is 30.3 Å². The van der Waals surface area contributed by atoms with E-state index in [4.69, 9.17) is 4.74 Å². The van der Waals surface area contributed by atoms with Gasteiger partial charge in [0.2, 0.25) is 0 Å². The van der Waals surface area contributed by atoms with Gasteiger partial charge >= 0.3 is 0 Å². The number of nitrogens with zero attached hydrogens (tertiary/aromatic N) is 1. The van der Waals surface area contributed by atoms with Crippen molar-refractivity contribution in [1.82, 2.24) is 5.32 Å². The average Bonchev–Trinajstić information content (AvgIpc) is 3.19. The first-order chi connectivity index (χ1) is 9.85. The Morgan fingerprint density at radius 1 is 1.38 bits per heavy atom. The molecule has 116 valence electrons. The zero-order valence-corrected chi connectivity index (χ0v) is 13.0. The number of hydrogen-bond donors (Lipinski definition) is 1. The standard InChI is InChI=1S/C16H24N2O3/c1-16(2,3)8-9-21-15-7-6-14(18(19)20)10-12(15)11-17-13-4-5-13/h6-7,10,13,17H,4-5,8-9,11H2,1-3H3. The molecule has 1 aliphatic carbocycles. The smallest absolute Gasteiger partial charge is 0.270 e. The molecular formula is C16H24N2O3. The van der Waals surface area contributed by atoms with Crippen LogP contribution in [0.3, 0.4) is 0 Å². The van der Waals surface area contributed by atoms with Crippen LogP contribution in [-0.2, 0) is 6.54 Å². The molecule has 0 aromatic heterocycles. The topological polar surface area (TPSA) is 64.4 Å². The maximum Gasteiger partial charge on any atom is 0.270 e. The maximum atomic E-state index is 10.9. The lowest BCUT2D eigenvalue weighted by atomic mass is 9.93. The monoisotopic (exact) mass is 292 g/mol. The molecule has 1 N–H and O–H groups in total. The van der Waals surface area contributed by atoms with Crippen LogP contribution in [0.5, 0.6) is 5.75 Å². The first kappa shape index (κ1) is 15.8. The SMILES string of the molecule is CC(C)(C)CCOc1ccc([N+](=O)[O-])cc1CNC1CC1. The van der Waals surface area contributed by atoms with Crippen molar-refractivity contribution in [3.05, 3.63) is 33.9 Å². The second kappa shape index (κ2) is 6.43. The molecule has 0 atom stereocenters. The molecule has 0 heterocycles. The second-order valence-corrected chi connectivity index (χ2v) is 6.86. The zero-order valence-electron chi connectivity index (χ0n) is 13.0. The molecule has 2 rings (SSSR count). The largest absolute Gasteiger partial charge is 0.493 e. The number of rotatable bonds is 7.